The molecule has 18 heavy (non-hydrogen) atoms. The minimum atomic E-state index is -0.303. The Balaban J connectivity index is 1.96. The molecule has 1 N–H and O–H groups in total. The lowest BCUT2D eigenvalue weighted by Gasteiger charge is -2.12. The van der Waals surface area contributed by atoms with Gasteiger partial charge < -0.3 is 10.1 Å². The fourth-order valence-corrected chi connectivity index (χ4v) is 2.17. The average molecular weight is 248 g/mol. The Morgan fingerprint density at radius 3 is 3.06 bits per heavy atom. The zero-order valence-corrected chi connectivity index (χ0v) is 11.0. The standard InChI is InChI=1S/C14H20N2O2/c1-3-4-11-9-12(7-8-15-11)16-14(17)13-6-5-10(2)18-13/h7-10,13H,3-6H2,1-2H3,(H,15,16,17). The Morgan fingerprint density at radius 1 is 1.56 bits per heavy atom. The van der Waals surface area contributed by atoms with Crippen LogP contribution in [-0.2, 0) is 16.0 Å². The first-order valence-corrected chi connectivity index (χ1v) is 6.60. The van der Waals surface area contributed by atoms with Crippen LogP contribution < -0.4 is 5.32 Å². The Morgan fingerprint density at radius 2 is 2.39 bits per heavy atom. The third kappa shape index (κ3) is 3.29. The van der Waals surface area contributed by atoms with E-state index in [1.54, 1.807) is 6.20 Å². The molecule has 1 aromatic rings. The number of hydrogen-bond donors (Lipinski definition) is 1. The van der Waals surface area contributed by atoms with Gasteiger partial charge in [-0.25, -0.2) is 0 Å². The highest BCUT2D eigenvalue weighted by Crippen LogP contribution is 2.20. The minimum absolute atomic E-state index is 0.0481. The van der Waals surface area contributed by atoms with Crippen LogP contribution in [0.1, 0.15) is 38.8 Å². The highest BCUT2D eigenvalue weighted by molar-refractivity contribution is 5.94. The lowest BCUT2D eigenvalue weighted by atomic mass is 10.2. The van der Waals surface area contributed by atoms with E-state index >= 15 is 0 Å². The highest BCUT2D eigenvalue weighted by atomic mass is 16.5. The molecule has 98 valence electrons. The second-order valence-electron chi connectivity index (χ2n) is 4.79. The summed E-state index contributed by atoms with van der Waals surface area (Å²) in [6.45, 7) is 4.11. The van der Waals surface area contributed by atoms with E-state index in [0.717, 1.165) is 37.1 Å². The summed E-state index contributed by atoms with van der Waals surface area (Å²) in [6, 6.07) is 3.75. The quantitative estimate of drug-likeness (QED) is 0.890. The summed E-state index contributed by atoms with van der Waals surface area (Å²) in [7, 11) is 0. The number of aromatic nitrogens is 1. The molecule has 0 aliphatic carbocycles. The van der Waals surface area contributed by atoms with E-state index in [4.69, 9.17) is 4.74 Å². The molecule has 1 fully saturated rings. The number of amides is 1. The van der Waals surface area contributed by atoms with Crippen molar-refractivity contribution in [2.75, 3.05) is 5.32 Å². The largest absolute Gasteiger partial charge is 0.365 e. The molecular weight excluding hydrogens is 228 g/mol. The van der Waals surface area contributed by atoms with Gasteiger partial charge in [-0.3, -0.25) is 9.78 Å². The van der Waals surface area contributed by atoms with Crippen molar-refractivity contribution >= 4 is 11.6 Å². The molecule has 1 saturated heterocycles. The number of anilines is 1. The van der Waals surface area contributed by atoms with Crippen molar-refractivity contribution in [3.63, 3.8) is 0 Å². The molecule has 2 rings (SSSR count). The molecule has 0 radical (unpaired) electrons. The van der Waals surface area contributed by atoms with Crippen LogP contribution in [0.3, 0.4) is 0 Å². The SMILES string of the molecule is CCCc1cc(NC(=O)C2CCC(C)O2)ccn1. The van der Waals surface area contributed by atoms with Crippen molar-refractivity contribution < 1.29 is 9.53 Å². The molecule has 1 amide bonds. The predicted octanol–water partition coefficient (Wildman–Crippen LogP) is 2.54. The van der Waals surface area contributed by atoms with Crippen LogP contribution in [0.25, 0.3) is 0 Å². The molecule has 0 saturated carbocycles. The van der Waals surface area contributed by atoms with Gasteiger partial charge in [-0.15, -0.1) is 0 Å². The van der Waals surface area contributed by atoms with E-state index < -0.39 is 0 Å². The number of carbonyl (C=O) groups excluding carboxylic acids is 1. The summed E-state index contributed by atoms with van der Waals surface area (Å²) in [4.78, 5) is 16.2. The zero-order valence-electron chi connectivity index (χ0n) is 11.0. The summed E-state index contributed by atoms with van der Waals surface area (Å²) in [5.41, 5.74) is 1.82. The van der Waals surface area contributed by atoms with E-state index in [1.165, 1.54) is 0 Å². The molecule has 0 aromatic carbocycles. The number of hydrogen-bond acceptors (Lipinski definition) is 3. The number of nitrogens with zero attached hydrogens (tertiary/aromatic N) is 1. The summed E-state index contributed by atoms with van der Waals surface area (Å²) >= 11 is 0. The van der Waals surface area contributed by atoms with Crippen LogP contribution in [0.4, 0.5) is 5.69 Å². The minimum Gasteiger partial charge on any atom is -0.365 e. The fraction of sp³-hybridized carbons (Fsp3) is 0.571. The van der Waals surface area contributed by atoms with Gasteiger partial charge in [-0.1, -0.05) is 13.3 Å². The molecule has 2 atom stereocenters. The first-order chi connectivity index (χ1) is 8.69. The molecule has 1 aliphatic heterocycles. The zero-order chi connectivity index (χ0) is 13.0. The molecule has 4 nitrogen and oxygen atoms in total. The third-order valence-corrected chi connectivity index (χ3v) is 3.11. The predicted molar refractivity (Wildman–Crippen MR) is 70.4 cm³/mol. The number of ether oxygens (including phenoxy) is 1. The molecule has 0 spiro atoms. The van der Waals surface area contributed by atoms with Gasteiger partial charge in [0.2, 0.25) is 0 Å². The van der Waals surface area contributed by atoms with Crippen LogP contribution in [0.15, 0.2) is 18.3 Å². The summed E-state index contributed by atoms with van der Waals surface area (Å²) in [5, 5.41) is 2.90. The van der Waals surface area contributed by atoms with Crippen LogP contribution in [0.5, 0.6) is 0 Å². The van der Waals surface area contributed by atoms with Crippen LogP contribution in [0.2, 0.25) is 0 Å². The lowest BCUT2D eigenvalue weighted by molar-refractivity contribution is -0.126. The van der Waals surface area contributed by atoms with Gasteiger partial charge in [0.15, 0.2) is 0 Å². The Bertz CT molecular complexity index is 420. The van der Waals surface area contributed by atoms with Gasteiger partial charge in [0.1, 0.15) is 6.10 Å². The first-order valence-electron chi connectivity index (χ1n) is 6.60. The number of pyridine rings is 1. The maximum Gasteiger partial charge on any atom is 0.253 e. The van der Waals surface area contributed by atoms with E-state index in [9.17, 15) is 4.79 Å². The van der Waals surface area contributed by atoms with Crippen molar-refractivity contribution in [1.29, 1.82) is 0 Å². The smallest absolute Gasteiger partial charge is 0.253 e. The molecule has 0 bridgehead atoms. The van der Waals surface area contributed by atoms with Gasteiger partial charge in [-0.05, 0) is 38.3 Å². The molecule has 2 heterocycles. The van der Waals surface area contributed by atoms with Crippen molar-refractivity contribution in [3.8, 4) is 0 Å². The molecule has 1 aromatic heterocycles. The third-order valence-electron chi connectivity index (χ3n) is 3.11. The molecular formula is C14H20N2O2. The van der Waals surface area contributed by atoms with Crippen LogP contribution >= 0.6 is 0 Å². The Kier molecular flexibility index (Phi) is 4.31. The van der Waals surface area contributed by atoms with Crippen molar-refractivity contribution in [1.82, 2.24) is 4.98 Å². The second-order valence-corrected chi connectivity index (χ2v) is 4.79. The second kappa shape index (κ2) is 5.96. The normalized spacial score (nSPS) is 23.0. The average Bonchev–Trinajstić information content (AvgIpc) is 2.77. The molecule has 4 heteroatoms. The number of carbonyl (C=O) groups is 1. The number of rotatable bonds is 4. The Hall–Kier alpha value is -1.42. The van der Waals surface area contributed by atoms with E-state index in [1.807, 2.05) is 19.1 Å². The maximum absolute atomic E-state index is 12.0. The molecule has 1 aliphatic rings. The first kappa shape index (κ1) is 13.0. The maximum atomic E-state index is 12.0. The summed E-state index contributed by atoms with van der Waals surface area (Å²) in [5.74, 6) is -0.0481. The Labute approximate surface area is 108 Å². The fourth-order valence-electron chi connectivity index (χ4n) is 2.17. The van der Waals surface area contributed by atoms with Crippen molar-refractivity contribution in [2.45, 2.75) is 51.7 Å². The van der Waals surface area contributed by atoms with Crippen molar-refractivity contribution in [3.05, 3.63) is 24.0 Å². The summed E-state index contributed by atoms with van der Waals surface area (Å²) in [6.07, 6.45) is 5.36. The molecule has 2 unspecified atom stereocenters. The van der Waals surface area contributed by atoms with Gasteiger partial charge >= 0.3 is 0 Å². The van der Waals surface area contributed by atoms with Gasteiger partial charge in [0, 0.05) is 17.6 Å². The monoisotopic (exact) mass is 248 g/mol. The van der Waals surface area contributed by atoms with E-state index in [0.29, 0.717) is 0 Å². The number of nitrogens with one attached hydrogen (secondary N) is 1. The van der Waals surface area contributed by atoms with Crippen LogP contribution in [-0.4, -0.2) is 23.1 Å². The number of aryl methyl sites for hydroxylation is 1. The summed E-state index contributed by atoms with van der Waals surface area (Å²) < 4.78 is 5.55. The van der Waals surface area contributed by atoms with Crippen LogP contribution in [0, 0.1) is 0 Å². The van der Waals surface area contributed by atoms with Gasteiger partial charge in [-0.2, -0.15) is 0 Å². The van der Waals surface area contributed by atoms with Crippen molar-refractivity contribution in [2.24, 2.45) is 0 Å². The van der Waals surface area contributed by atoms with E-state index in [2.05, 4.69) is 17.2 Å². The van der Waals surface area contributed by atoms with E-state index in [-0.39, 0.29) is 18.1 Å². The van der Waals surface area contributed by atoms with Gasteiger partial charge in [0.05, 0.1) is 6.10 Å². The lowest BCUT2D eigenvalue weighted by Crippen LogP contribution is -2.27. The highest BCUT2D eigenvalue weighted by Gasteiger charge is 2.28. The van der Waals surface area contributed by atoms with Gasteiger partial charge in [0.25, 0.3) is 5.91 Å². The topological polar surface area (TPSA) is 51.2 Å².